The molecule has 0 unspecified atom stereocenters. The third-order valence-electron chi connectivity index (χ3n) is 3.66. The quantitative estimate of drug-likeness (QED) is 0.682. The lowest BCUT2D eigenvalue weighted by Gasteiger charge is -2.07. The first-order valence-corrected chi connectivity index (χ1v) is 8.47. The molecule has 0 spiro atoms. The third-order valence-corrected chi connectivity index (χ3v) is 3.89. The molecular weight excluding hydrogens is 327 g/mol. The predicted octanol–water partition coefficient (Wildman–Crippen LogP) is 3.36. The van der Waals surface area contributed by atoms with Crippen molar-refractivity contribution in [3.8, 4) is 0 Å². The Morgan fingerprint density at radius 1 is 0.958 bits per heavy atom. The molecule has 2 aromatic rings. The average molecular weight is 349 g/mol. The molecule has 2 N–H and O–H groups in total. The number of hydrogen-bond donors (Lipinski definition) is 2. The molecule has 5 heteroatoms. The molecule has 0 bridgehead atoms. The number of halogens is 2. The van der Waals surface area contributed by atoms with Gasteiger partial charge in [0.1, 0.15) is 5.82 Å². The Morgan fingerprint density at radius 2 is 1.71 bits per heavy atom. The van der Waals surface area contributed by atoms with E-state index in [1.54, 1.807) is 12.1 Å². The summed E-state index contributed by atoms with van der Waals surface area (Å²) >= 11 is 5.92. The number of benzene rings is 2. The highest BCUT2D eigenvalue weighted by molar-refractivity contribution is 6.30. The van der Waals surface area contributed by atoms with Gasteiger partial charge in [0.2, 0.25) is 5.91 Å². The summed E-state index contributed by atoms with van der Waals surface area (Å²) < 4.78 is 12.8. The summed E-state index contributed by atoms with van der Waals surface area (Å²) in [6, 6.07) is 14.1. The van der Waals surface area contributed by atoms with Gasteiger partial charge >= 0.3 is 0 Å². The van der Waals surface area contributed by atoms with Gasteiger partial charge in [-0.1, -0.05) is 35.9 Å². The lowest BCUT2D eigenvalue weighted by Crippen LogP contribution is -2.29. The van der Waals surface area contributed by atoms with Crippen LogP contribution in [0.15, 0.2) is 48.5 Å². The smallest absolute Gasteiger partial charge is 0.221 e. The summed E-state index contributed by atoms with van der Waals surface area (Å²) in [4.78, 5) is 11.8. The molecule has 0 aliphatic rings. The van der Waals surface area contributed by atoms with Crippen molar-refractivity contribution in [3.63, 3.8) is 0 Å². The van der Waals surface area contributed by atoms with Gasteiger partial charge < -0.3 is 10.6 Å². The van der Waals surface area contributed by atoms with Gasteiger partial charge in [-0.05, 0) is 54.8 Å². The highest BCUT2D eigenvalue weighted by Gasteiger charge is 2.01. The topological polar surface area (TPSA) is 41.1 Å². The monoisotopic (exact) mass is 348 g/mol. The van der Waals surface area contributed by atoms with E-state index in [2.05, 4.69) is 10.6 Å². The highest BCUT2D eigenvalue weighted by atomic mass is 35.5. The summed E-state index contributed by atoms with van der Waals surface area (Å²) in [7, 11) is 0. The number of nitrogens with one attached hydrogen (secondary N) is 2. The van der Waals surface area contributed by atoms with Crippen LogP contribution in [0.1, 0.15) is 17.5 Å². The van der Waals surface area contributed by atoms with Crippen LogP contribution in [0.5, 0.6) is 0 Å². The molecular formula is C19H22ClFN2O. The molecule has 24 heavy (non-hydrogen) atoms. The van der Waals surface area contributed by atoms with Crippen molar-refractivity contribution >= 4 is 17.5 Å². The van der Waals surface area contributed by atoms with Crippen LogP contribution < -0.4 is 10.6 Å². The molecule has 0 aliphatic carbocycles. The third kappa shape index (κ3) is 7.11. The summed E-state index contributed by atoms with van der Waals surface area (Å²) in [5.41, 5.74) is 2.19. The molecule has 128 valence electrons. The van der Waals surface area contributed by atoms with Gasteiger partial charge in [-0.25, -0.2) is 4.39 Å². The van der Waals surface area contributed by atoms with Crippen LogP contribution in [-0.4, -0.2) is 25.5 Å². The minimum Gasteiger partial charge on any atom is -0.356 e. The first-order valence-electron chi connectivity index (χ1n) is 8.10. The Balaban J connectivity index is 1.52. The molecule has 0 aromatic heterocycles. The maximum absolute atomic E-state index is 12.8. The van der Waals surface area contributed by atoms with Crippen molar-refractivity contribution in [1.29, 1.82) is 0 Å². The second-order valence-corrected chi connectivity index (χ2v) is 6.04. The van der Waals surface area contributed by atoms with Crippen LogP contribution in [0.3, 0.4) is 0 Å². The van der Waals surface area contributed by atoms with Gasteiger partial charge in [-0.3, -0.25) is 4.79 Å². The average Bonchev–Trinajstić information content (AvgIpc) is 2.56. The fourth-order valence-electron chi connectivity index (χ4n) is 2.34. The molecule has 0 saturated carbocycles. The minimum absolute atomic E-state index is 0.0336. The number of carbonyl (C=O) groups is 1. The van der Waals surface area contributed by atoms with Crippen LogP contribution in [0.25, 0.3) is 0 Å². The molecule has 0 aliphatic heterocycles. The predicted molar refractivity (Wildman–Crippen MR) is 95.8 cm³/mol. The fourth-order valence-corrected chi connectivity index (χ4v) is 2.55. The van der Waals surface area contributed by atoms with Crippen LogP contribution in [0.4, 0.5) is 4.39 Å². The molecule has 2 rings (SSSR count). The number of hydrogen-bond acceptors (Lipinski definition) is 2. The molecule has 1 amide bonds. The van der Waals surface area contributed by atoms with Crippen molar-refractivity contribution in [2.24, 2.45) is 0 Å². The Kier molecular flexibility index (Phi) is 7.72. The fraction of sp³-hybridized carbons (Fsp3) is 0.316. The van der Waals surface area contributed by atoms with Gasteiger partial charge in [0.15, 0.2) is 0 Å². The molecule has 0 atom stereocenters. The first kappa shape index (κ1) is 18.4. The van der Waals surface area contributed by atoms with Gasteiger partial charge in [-0.15, -0.1) is 0 Å². The Bertz CT molecular complexity index is 646. The second kappa shape index (κ2) is 10.1. The van der Waals surface area contributed by atoms with Crippen molar-refractivity contribution in [2.45, 2.75) is 19.3 Å². The van der Waals surface area contributed by atoms with Crippen molar-refractivity contribution in [1.82, 2.24) is 10.6 Å². The van der Waals surface area contributed by atoms with Crippen LogP contribution in [0, 0.1) is 5.82 Å². The van der Waals surface area contributed by atoms with E-state index in [1.807, 2.05) is 24.3 Å². The molecule has 2 aromatic carbocycles. The lowest BCUT2D eigenvalue weighted by molar-refractivity contribution is -0.120. The van der Waals surface area contributed by atoms with Crippen LogP contribution in [-0.2, 0) is 17.6 Å². The normalized spacial score (nSPS) is 10.6. The van der Waals surface area contributed by atoms with E-state index in [0.717, 1.165) is 30.5 Å². The molecule has 3 nitrogen and oxygen atoms in total. The van der Waals surface area contributed by atoms with E-state index in [1.165, 1.54) is 12.1 Å². The second-order valence-electron chi connectivity index (χ2n) is 5.61. The largest absolute Gasteiger partial charge is 0.356 e. The van der Waals surface area contributed by atoms with Crippen molar-refractivity contribution in [2.75, 3.05) is 19.6 Å². The summed E-state index contributed by atoms with van der Waals surface area (Å²) in [5.74, 6) is -0.188. The lowest BCUT2D eigenvalue weighted by atomic mass is 10.1. The highest BCUT2D eigenvalue weighted by Crippen LogP contribution is 2.10. The summed E-state index contributed by atoms with van der Waals surface area (Å²) in [6.07, 6.45) is 2.03. The molecule has 0 saturated heterocycles. The molecule has 0 heterocycles. The standard InChI is InChI=1S/C19H22ClFN2O/c20-17-3-1-2-16(14-17)9-13-23-19(24)10-12-22-11-8-15-4-6-18(21)7-5-15/h1-7,14,22H,8-13H2,(H,23,24). The van der Waals surface area contributed by atoms with E-state index in [0.29, 0.717) is 24.5 Å². The van der Waals surface area contributed by atoms with E-state index in [9.17, 15) is 9.18 Å². The van der Waals surface area contributed by atoms with E-state index in [4.69, 9.17) is 11.6 Å². The van der Waals surface area contributed by atoms with Crippen molar-refractivity contribution in [3.05, 3.63) is 70.5 Å². The zero-order chi connectivity index (χ0) is 17.2. The zero-order valence-corrected chi connectivity index (χ0v) is 14.3. The summed E-state index contributed by atoms with van der Waals surface area (Å²) in [5, 5.41) is 6.84. The Labute approximate surface area is 147 Å². The molecule has 0 fully saturated rings. The van der Waals surface area contributed by atoms with E-state index in [-0.39, 0.29) is 11.7 Å². The van der Waals surface area contributed by atoms with Crippen LogP contribution >= 0.6 is 11.6 Å². The SMILES string of the molecule is O=C(CCNCCc1ccc(F)cc1)NCCc1cccc(Cl)c1. The first-order chi connectivity index (χ1) is 11.6. The number of rotatable bonds is 9. The number of amides is 1. The Hall–Kier alpha value is -1.91. The molecule has 0 radical (unpaired) electrons. The van der Waals surface area contributed by atoms with Crippen LogP contribution in [0.2, 0.25) is 5.02 Å². The zero-order valence-electron chi connectivity index (χ0n) is 13.5. The van der Waals surface area contributed by atoms with E-state index < -0.39 is 0 Å². The van der Waals surface area contributed by atoms with Gasteiger partial charge in [0.25, 0.3) is 0 Å². The van der Waals surface area contributed by atoms with Crippen molar-refractivity contribution < 1.29 is 9.18 Å². The Morgan fingerprint density at radius 3 is 2.46 bits per heavy atom. The number of carbonyl (C=O) groups excluding carboxylic acids is 1. The van der Waals surface area contributed by atoms with Gasteiger partial charge in [0, 0.05) is 24.5 Å². The van der Waals surface area contributed by atoms with E-state index >= 15 is 0 Å². The minimum atomic E-state index is -0.221. The maximum atomic E-state index is 12.8. The maximum Gasteiger partial charge on any atom is 0.221 e. The van der Waals surface area contributed by atoms with Gasteiger partial charge in [-0.2, -0.15) is 0 Å². The summed E-state index contributed by atoms with van der Waals surface area (Å²) in [6.45, 7) is 2.00. The van der Waals surface area contributed by atoms with Gasteiger partial charge in [0.05, 0.1) is 0 Å².